The largest absolute Gasteiger partial charge is 0.389 e. The van der Waals surface area contributed by atoms with Crippen LogP contribution in [-0.2, 0) is 19.6 Å². The Labute approximate surface area is 201 Å². The average Bonchev–Trinajstić information content (AvgIpc) is 2.76. The molecule has 5 N–H and O–H groups in total. The summed E-state index contributed by atoms with van der Waals surface area (Å²) in [6, 6.07) is 0. The average molecular weight is 499 g/mol. The first-order valence-electron chi connectivity index (χ1n) is 12.7. The van der Waals surface area contributed by atoms with Crippen molar-refractivity contribution in [3.63, 3.8) is 0 Å². The van der Waals surface area contributed by atoms with Gasteiger partial charge in [0.25, 0.3) is 10.1 Å². The molecule has 0 radical (unpaired) electrons. The summed E-state index contributed by atoms with van der Waals surface area (Å²) in [5, 5.41) is 26.3. The van der Waals surface area contributed by atoms with Crippen LogP contribution in [0.2, 0.25) is 0 Å². The number of aliphatic hydroxyl groups is 2. The lowest BCUT2D eigenvalue weighted by Crippen LogP contribution is -2.31. The van der Waals surface area contributed by atoms with Crippen molar-refractivity contribution in [1.82, 2.24) is 10.6 Å². The number of unbranched alkanes of at least 4 members (excludes halogenated alkanes) is 4. The van der Waals surface area contributed by atoms with Gasteiger partial charge in [0, 0.05) is 26.3 Å². The van der Waals surface area contributed by atoms with E-state index in [0.29, 0.717) is 25.6 Å². The van der Waals surface area contributed by atoms with Crippen LogP contribution in [0.15, 0.2) is 0 Å². The maximum atomic E-state index is 10.6. The van der Waals surface area contributed by atoms with Gasteiger partial charge in [-0.25, -0.2) is 0 Å². The molecule has 33 heavy (non-hydrogen) atoms. The van der Waals surface area contributed by atoms with Crippen LogP contribution in [0.3, 0.4) is 0 Å². The molecule has 3 unspecified atom stereocenters. The molecule has 0 heterocycles. The molecule has 0 saturated heterocycles. The number of nitrogens with one attached hydrogen (secondary N) is 2. The zero-order valence-corrected chi connectivity index (χ0v) is 21.7. The van der Waals surface area contributed by atoms with E-state index in [-0.39, 0.29) is 25.4 Å². The van der Waals surface area contributed by atoms with Crippen molar-refractivity contribution >= 4 is 10.1 Å². The molecule has 0 aliphatic carbocycles. The SMILES string of the molecule is CCCCC(CC)COCC(O)CNCCCCCCNCC(O)COCCCS(=O)(=O)O. The first-order valence-corrected chi connectivity index (χ1v) is 14.3. The first kappa shape index (κ1) is 32.7. The second-order valence-electron chi connectivity index (χ2n) is 8.80. The van der Waals surface area contributed by atoms with Crippen molar-refractivity contribution in [3.8, 4) is 0 Å². The van der Waals surface area contributed by atoms with E-state index >= 15 is 0 Å². The second-order valence-corrected chi connectivity index (χ2v) is 10.4. The van der Waals surface area contributed by atoms with Crippen LogP contribution in [0.25, 0.3) is 0 Å². The maximum absolute atomic E-state index is 10.6. The van der Waals surface area contributed by atoms with E-state index in [1.807, 2.05) is 0 Å². The standard InChI is InChI=1S/C23H50N2O7S/c1-3-5-11-21(4-2)18-32-20-23(27)17-25-13-9-7-6-8-12-24-16-22(26)19-31-14-10-15-33(28,29)30/h21-27H,3-20H2,1-2H3,(H,28,29,30). The Bertz CT molecular complexity index is 523. The van der Waals surface area contributed by atoms with Crippen LogP contribution in [-0.4, -0.2) is 93.8 Å². The van der Waals surface area contributed by atoms with E-state index in [9.17, 15) is 18.6 Å². The van der Waals surface area contributed by atoms with Gasteiger partial charge in [-0.1, -0.05) is 46.0 Å². The van der Waals surface area contributed by atoms with Gasteiger partial charge in [-0.05, 0) is 44.7 Å². The summed E-state index contributed by atoms with van der Waals surface area (Å²) in [5.74, 6) is 0.270. The molecule has 0 aromatic heterocycles. The minimum absolute atomic E-state index is 0.138. The predicted molar refractivity (Wildman–Crippen MR) is 132 cm³/mol. The molecule has 0 aliphatic rings. The fraction of sp³-hybridized carbons (Fsp3) is 1.00. The molecule has 9 nitrogen and oxygen atoms in total. The Morgan fingerprint density at radius 2 is 1.36 bits per heavy atom. The van der Waals surface area contributed by atoms with Crippen molar-refractivity contribution in [2.24, 2.45) is 5.92 Å². The van der Waals surface area contributed by atoms with E-state index in [4.69, 9.17) is 14.0 Å². The van der Waals surface area contributed by atoms with E-state index in [2.05, 4.69) is 24.5 Å². The summed E-state index contributed by atoms with van der Waals surface area (Å²) in [5.41, 5.74) is 0. The maximum Gasteiger partial charge on any atom is 0.264 e. The fourth-order valence-corrected chi connectivity index (χ4v) is 3.82. The van der Waals surface area contributed by atoms with E-state index in [1.165, 1.54) is 19.3 Å². The second kappa shape index (κ2) is 22.2. The van der Waals surface area contributed by atoms with Crippen molar-refractivity contribution in [2.45, 2.75) is 83.8 Å². The van der Waals surface area contributed by atoms with E-state index in [0.717, 1.165) is 51.8 Å². The van der Waals surface area contributed by atoms with Crippen molar-refractivity contribution in [1.29, 1.82) is 0 Å². The first-order chi connectivity index (χ1) is 15.8. The lowest BCUT2D eigenvalue weighted by Gasteiger charge is -2.17. The fourth-order valence-electron chi connectivity index (χ4n) is 3.34. The lowest BCUT2D eigenvalue weighted by molar-refractivity contribution is 0.0194. The quantitative estimate of drug-likeness (QED) is 0.0945. The highest BCUT2D eigenvalue weighted by atomic mass is 32.2. The summed E-state index contributed by atoms with van der Waals surface area (Å²) in [4.78, 5) is 0. The Morgan fingerprint density at radius 3 is 1.88 bits per heavy atom. The van der Waals surface area contributed by atoms with Gasteiger partial charge in [-0.3, -0.25) is 4.55 Å². The molecule has 0 aromatic carbocycles. The van der Waals surface area contributed by atoms with Crippen LogP contribution < -0.4 is 10.6 Å². The van der Waals surface area contributed by atoms with Gasteiger partial charge in [-0.2, -0.15) is 8.42 Å². The van der Waals surface area contributed by atoms with Gasteiger partial charge in [0.05, 0.1) is 31.2 Å². The minimum Gasteiger partial charge on any atom is -0.389 e. The van der Waals surface area contributed by atoms with Crippen LogP contribution >= 0.6 is 0 Å². The van der Waals surface area contributed by atoms with Crippen molar-refractivity contribution in [2.75, 3.05) is 58.4 Å². The molecular formula is C23H50N2O7S. The lowest BCUT2D eigenvalue weighted by atomic mass is 10.0. The number of rotatable bonds is 25. The summed E-state index contributed by atoms with van der Waals surface area (Å²) in [6.45, 7) is 8.54. The van der Waals surface area contributed by atoms with Crippen LogP contribution in [0.4, 0.5) is 0 Å². The third kappa shape index (κ3) is 24.6. The van der Waals surface area contributed by atoms with Gasteiger partial charge in [0.2, 0.25) is 0 Å². The third-order valence-electron chi connectivity index (χ3n) is 5.43. The summed E-state index contributed by atoms with van der Waals surface area (Å²) in [6.07, 6.45) is 8.17. The van der Waals surface area contributed by atoms with Gasteiger partial charge < -0.3 is 30.3 Å². The van der Waals surface area contributed by atoms with Gasteiger partial charge in [0.1, 0.15) is 0 Å². The smallest absolute Gasteiger partial charge is 0.264 e. The normalized spacial score (nSPS) is 14.9. The molecular weight excluding hydrogens is 448 g/mol. The molecule has 0 amide bonds. The van der Waals surface area contributed by atoms with Crippen LogP contribution in [0.1, 0.15) is 71.6 Å². The molecule has 0 spiro atoms. The zero-order valence-electron chi connectivity index (χ0n) is 20.8. The Balaban J connectivity index is 3.40. The zero-order chi connectivity index (χ0) is 24.8. The third-order valence-corrected chi connectivity index (χ3v) is 6.23. The molecule has 3 atom stereocenters. The van der Waals surface area contributed by atoms with Gasteiger partial charge in [-0.15, -0.1) is 0 Å². The molecule has 0 rings (SSSR count). The van der Waals surface area contributed by atoms with E-state index < -0.39 is 22.3 Å². The molecule has 200 valence electrons. The predicted octanol–water partition coefficient (Wildman–Crippen LogP) is 1.98. The number of hydrogen-bond donors (Lipinski definition) is 5. The number of ether oxygens (including phenoxy) is 2. The topological polar surface area (TPSA) is 137 Å². The summed E-state index contributed by atoms with van der Waals surface area (Å²) >= 11 is 0. The van der Waals surface area contributed by atoms with Gasteiger partial charge >= 0.3 is 0 Å². The monoisotopic (exact) mass is 498 g/mol. The van der Waals surface area contributed by atoms with Crippen molar-refractivity contribution in [3.05, 3.63) is 0 Å². The molecule has 10 heteroatoms. The van der Waals surface area contributed by atoms with Crippen molar-refractivity contribution < 1.29 is 32.7 Å². The Morgan fingerprint density at radius 1 is 0.788 bits per heavy atom. The molecule has 0 aromatic rings. The Kier molecular flexibility index (Phi) is 21.9. The highest BCUT2D eigenvalue weighted by molar-refractivity contribution is 7.85. The summed E-state index contributed by atoms with van der Waals surface area (Å²) < 4.78 is 40.6. The molecule has 0 bridgehead atoms. The molecule has 0 aliphatic heterocycles. The highest BCUT2D eigenvalue weighted by Crippen LogP contribution is 2.12. The van der Waals surface area contributed by atoms with Gasteiger partial charge in [0.15, 0.2) is 0 Å². The van der Waals surface area contributed by atoms with Crippen LogP contribution in [0.5, 0.6) is 0 Å². The number of aliphatic hydroxyl groups excluding tert-OH is 2. The molecule has 0 fully saturated rings. The van der Waals surface area contributed by atoms with Crippen LogP contribution in [0, 0.1) is 5.92 Å². The number of hydrogen-bond acceptors (Lipinski definition) is 8. The minimum atomic E-state index is -3.94. The Hall–Kier alpha value is -0.330. The van der Waals surface area contributed by atoms with E-state index in [1.54, 1.807) is 0 Å². The molecule has 0 saturated carbocycles. The summed E-state index contributed by atoms with van der Waals surface area (Å²) in [7, 11) is -3.94. The highest BCUT2D eigenvalue weighted by Gasteiger charge is 2.09.